The molecule has 0 saturated heterocycles. The second-order valence-electron chi connectivity index (χ2n) is 4.03. The summed E-state index contributed by atoms with van der Waals surface area (Å²) in [6.07, 6.45) is 1.74. The second kappa shape index (κ2) is 6.58. The quantitative estimate of drug-likeness (QED) is 0.888. The molecule has 1 aromatic heterocycles. The normalized spacial score (nSPS) is 10.2. The number of nitrogens with one attached hydrogen (secondary N) is 2. The van der Waals surface area contributed by atoms with E-state index in [1.165, 1.54) is 18.3 Å². The lowest BCUT2D eigenvalue weighted by molar-refractivity contribution is -0.114. The Morgan fingerprint density at radius 3 is 2.90 bits per heavy atom. The Morgan fingerprint density at radius 1 is 1.50 bits per heavy atom. The number of methoxy groups -OCH3 is 1. The molecule has 2 rings (SSSR count). The average molecular weight is 312 g/mol. The van der Waals surface area contributed by atoms with Gasteiger partial charge in [0.25, 0.3) is 0 Å². The van der Waals surface area contributed by atoms with Crippen molar-refractivity contribution in [1.29, 1.82) is 0 Å². The van der Waals surface area contributed by atoms with Crippen LogP contribution in [0.4, 0.5) is 11.4 Å². The fourth-order valence-corrected chi connectivity index (χ4v) is 2.57. The Balaban J connectivity index is 2.07. The van der Waals surface area contributed by atoms with E-state index < -0.39 is 0 Å². The molecular formula is C13H14ClN3O2S. The van der Waals surface area contributed by atoms with Crippen molar-refractivity contribution < 1.29 is 9.53 Å². The van der Waals surface area contributed by atoms with Crippen molar-refractivity contribution in [3.63, 3.8) is 0 Å². The van der Waals surface area contributed by atoms with Gasteiger partial charge in [0.15, 0.2) is 4.47 Å². The highest BCUT2D eigenvalue weighted by atomic mass is 35.5. The molecule has 7 heteroatoms. The topological polar surface area (TPSA) is 63.2 Å². The molecule has 2 N–H and O–H groups in total. The van der Waals surface area contributed by atoms with E-state index in [0.717, 1.165) is 10.6 Å². The van der Waals surface area contributed by atoms with E-state index in [1.54, 1.807) is 19.4 Å². The van der Waals surface area contributed by atoms with Gasteiger partial charge < -0.3 is 15.4 Å². The first-order chi connectivity index (χ1) is 9.58. The summed E-state index contributed by atoms with van der Waals surface area (Å²) >= 11 is 7.21. The molecule has 0 radical (unpaired) electrons. The van der Waals surface area contributed by atoms with E-state index in [2.05, 4.69) is 15.6 Å². The van der Waals surface area contributed by atoms with Crippen LogP contribution in [0.15, 0.2) is 24.4 Å². The van der Waals surface area contributed by atoms with Crippen LogP contribution in [0.1, 0.15) is 11.8 Å². The van der Waals surface area contributed by atoms with Crippen molar-refractivity contribution >= 4 is 40.2 Å². The zero-order valence-electron chi connectivity index (χ0n) is 11.1. The number of halogens is 1. The Labute approximate surface area is 125 Å². The highest BCUT2D eigenvalue weighted by Gasteiger charge is 2.06. The molecule has 20 heavy (non-hydrogen) atoms. The lowest BCUT2D eigenvalue weighted by Gasteiger charge is -2.11. The van der Waals surface area contributed by atoms with E-state index in [-0.39, 0.29) is 5.91 Å². The van der Waals surface area contributed by atoms with E-state index in [0.29, 0.717) is 22.4 Å². The van der Waals surface area contributed by atoms with Gasteiger partial charge in [0.2, 0.25) is 5.91 Å². The van der Waals surface area contributed by atoms with Crippen molar-refractivity contribution in [1.82, 2.24) is 4.98 Å². The van der Waals surface area contributed by atoms with Gasteiger partial charge in [-0.05, 0) is 12.1 Å². The van der Waals surface area contributed by atoms with E-state index in [4.69, 9.17) is 16.3 Å². The summed E-state index contributed by atoms with van der Waals surface area (Å²) in [6, 6.07) is 5.49. The van der Waals surface area contributed by atoms with Crippen LogP contribution in [0.5, 0.6) is 5.75 Å². The summed E-state index contributed by atoms with van der Waals surface area (Å²) in [6.45, 7) is 2.09. The van der Waals surface area contributed by atoms with Gasteiger partial charge in [-0.3, -0.25) is 4.79 Å². The third-order valence-corrected chi connectivity index (χ3v) is 3.62. The standard InChI is InChI=1S/C13H14ClN3O2S/c1-8(18)17-11-4-3-9(5-12(11)19-2)15-6-10-7-16-13(14)20-10/h3-5,7,15H,6H2,1-2H3,(H,17,18). The fourth-order valence-electron chi connectivity index (χ4n) is 1.65. The van der Waals surface area contributed by atoms with E-state index in [1.807, 2.05) is 12.1 Å². The van der Waals surface area contributed by atoms with Crippen LogP contribution >= 0.6 is 22.9 Å². The van der Waals surface area contributed by atoms with Crippen molar-refractivity contribution in [2.45, 2.75) is 13.5 Å². The maximum absolute atomic E-state index is 11.1. The third-order valence-electron chi connectivity index (χ3n) is 2.50. The largest absolute Gasteiger partial charge is 0.494 e. The Kier molecular flexibility index (Phi) is 4.81. The van der Waals surface area contributed by atoms with Crippen LogP contribution in [0.2, 0.25) is 4.47 Å². The van der Waals surface area contributed by atoms with Gasteiger partial charge in [-0.2, -0.15) is 0 Å². The van der Waals surface area contributed by atoms with Gasteiger partial charge in [0.1, 0.15) is 5.75 Å². The molecule has 0 aliphatic rings. The summed E-state index contributed by atoms with van der Waals surface area (Å²) in [7, 11) is 1.56. The molecule has 1 amide bonds. The number of amides is 1. The first-order valence-corrected chi connectivity index (χ1v) is 7.07. The molecule has 0 spiro atoms. The molecule has 1 heterocycles. The Hall–Kier alpha value is -1.79. The summed E-state index contributed by atoms with van der Waals surface area (Å²) in [4.78, 5) is 16.1. The zero-order valence-corrected chi connectivity index (χ0v) is 12.6. The maximum Gasteiger partial charge on any atom is 0.221 e. The summed E-state index contributed by atoms with van der Waals surface area (Å²) in [5, 5.41) is 5.96. The highest BCUT2D eigenvalue weighted by molar-refractivity contribution is 7.15. The Morgan fingerprint density at radius 2 is 2.30 bits per heavy atom. The van der Waals surface area contributed by atoms with Gasteiger partial charge in [0, 0.05) is 29.8 Å². The second-order valence-corrected chi connectivity index (χ2v) is 5.73. The number of rotatable bonds is 5. The SMILES string of the molecule is COc1cc(NCc2cnc(Cl)s2)ccc1NC(C)=O. The van der Waals surface area contributed by atoms with Gasteiger partial charge in [-0.1, -0.05) is 11.6 Å². The highest BCUT2D eigenvalue weighted by Crippen LogP contribution is 2.28. The van der Waals surface area contributed by atoms with Crippen LogP contribution in [-0.4, -0.2) is 18.0 Å². The number of anilines is 2. The monoisotopic (exact) mass is 311 g/mol. The number of carbonyl (C=O) groups excluding carboxylic acids is 1. The number of nitrogens with zero attached hydrogens (tertiary/aromatic N) is 1. The average Bonchev–Trinajstić information content (AvgIpc) is 2.83. The summed E-state index contributed by atoms with van der Waals surface area (Å²) in [5.41, 5.74) is 1.53. The molecule has 0 atom stereocenters. The van der Waals surface area contributed by atoms with Crippen molar-refractivity contribution in [2.75, 3.05) is 17.7 Å². The van der Waals surface area contributed by atoms with Gasteiger partial charge in [-0.25, -0.2) is 4.98 Å². The molecule has 0 saturated carbocycles. The van der Waals surface area contributed by atoms with Crippen LogP contribution in [0, 0.1) is 0 Å². The smallest absolute Gasteiger partial charge is 0.221 e. The third kappa shape index (κ3) is 3.85. The molecule has 0 unspecified atom stereocenters. The minimum Gasteiger partial charge on any atom is -0.494 e. The zero-order chi connectivity index (χ0) is 14.5. The van der Waals surface area contributed by atoms with Crippen LogP contribution in [0.25, 0.3) is 0 Å². The van der Waals surface area contributed by atoms with E-state index >= 15 is 0 Å². The molecule has 2 aromatic rings. The maximum atomic E-state index is 11.1. The Bertz CT molecular complexity index is 615. The minimum absolute atomic E-state index is 0.136. The molecule has 0 aliphatic heterocycles. The number of thiazole rings is 1. The molecule has 0 bridgehead atoms. The predicted octanol–water partition coefficient (Wildman–Crippen LogP) is 3.38. The van der Waals surface area contributed by atoms with Crippen molar-refractivity contribution in [3.05, 3.63) is 33.7 Å². The van der Waals surface area contributed by atoms with Gasteiger partial charge >= 0.3 is 0 Å². The predicted molar refractivity (Wildman–Crippen MR) is 81.7 cm³/mol. The first-order valence-electron chi connectivity index (χ1n) is 5.88. The van der Waals surface area contributed by atoms with Crippen LogP contribution in [-0.2, 0) is 11.3 Å². The number of ether oxygens (including phenoxy) is 1. The van der Waals surface area contributed by atoms with E-state index in [9.17, 15) is 4.79 Å². The minimum atomic E-state index is -0.136. The summed E-state index contributed by atoms with van der Waals surface area (Å²) < 4.78 is 5.79. The molecule has 106 valence electrons. The number of hydrogen-bond acceptors (Lipinski definition) is 5. The molecule has 5 nitrogen and oxygen atoms in total. The number of hydrogen-bond donors (Lipinski definition) is 2. The van der Waals surface area contributed by atoms with Crippen LogP contribution < -0.4 is 15.4 Å². The molecular weight excluding hydrogens is 298 g/mol. The van der Waals surface area contributed by atoms with Crippen LogP contribution in [0.3, 0.4) is 0 Å². The number of carbonyl (C=O) groups is 1. The lowest BCUT2D eigenvalue weighted by atomic mass is 10.2. The number of benzene rings is 1. The number of aromatic nitrogens is 1. The lowest BCUT2D eigenvalue weighted by Crippen LogP contribution is -2.07. The first kappa shape index (κ1) is 14.6. The molecule has 0 fully saturated rings. The molecule has 1 aromatic carbocycles. The van der Waals surface area contributed by atoms with Crippen molar-refractivity contribution in [2.24, 2.45) is 0 Å². The van der Waals surface area contributed by atoms with Gasteiger partial charge in [-0.15, -0.1) is 11.3 Å². The van der Waals surface area contributed by atoms with Crippen molar-refractivity contribution in [3.8, 4) is 5.75 Å². The fraction of sp³-hybridized carbons (Fsp3) is 0.231. The van der Waals surface area contributed by atoms with Gasteiger partial charge in [0.05, 0.1) is 19.3 Å². The molecule has 0 aliphatic carbocycles. The summed E-state index contributed by atoms with van der Waals surface area (Å²) in [5.74, 6) is 0.468.